The van der Waals surface area contributed by atoms with E-state index < -0.39 is 50.7 Å². The van der Waals surface area contributed by atoms with E-state index in [0.717, 1.165) is 50.5 Å². The van der Waals surface area contributed by atoms with Crippen LogP contribution in [0.3, 0.4) is 0 Å². The third-order valence-electron chi connectivity index (χ3n) is 7.70. The Kier molecular flexibility index (Phi) is 7.10. The summed E-state index contributed by atoms with van der Waals surface area (Å²) in [6, 6.07) is 36.1. The molecule has 4 radical (unpaired) electrons. The molecule has 0 spiro atoms. The molecule has 0 saturated carbocycles. The minimum atomic E-state index is -3.90. The minimum absolute atomic E-state index is 0. The molecule has 0 atom stereocenters. The summed E-state index contributed by atoms with van der Waals surface area (Å²) in [5, 5.41) is 1.40. The molecule has 7 aromatic rings. The van der Waals surface area contributed by atoms with Crippen LogP contribution in [-0.4, -0.2) is 26.5 Å². The molecular weight excluding hydrogens is 837 g/mol. The Bertz CT molecular complexity index is 2710. The smallest absolute Gasteiger partial charge is 0 e. The average Bonchev–Trinajstić information content (AvgIpc) is 3.59. The molecule has 0 fully saturated rings. The van der Waals surface area contributed by atoms with Crippen molar-refractivity contribution in [2.24, 2.45) is 5.92 Å². The Morgan fingerprint density at radius 3 is 2.39 bits per heavy atom. The maximum absolute atomic E-state index is 8.59. The standard InChI is InChI=1S/C29H26NO.C15H15GeN.Ir/c1-4-29(3,5-2)22-16-17-30-26(19-22)25-13-9-12-24-23-15-14-21(18-27(23)31-28(24)25)20-10-7-6-8-11-20;1-11(2)8-13-9-15(17-10-14(13)16)12-6-4-3-5-7-12;/h6-12,14-19H,4-5H2,1-3H3;3-6,9-11H,8H2,1-2H3;/q2*-1;/i1D3,2D3,3D3,4D2,5D2;8D2;. The first-order valence-corrected chi connectivity index (χ1v) is 16.3. The van der Waals surface area contributed by atoms with Crippen LogP contribution in [0.15, 0.2) is 120 Å². The molecule has 0 aliphatic heterocycles. The van der Waals surface area contributed by atoms with E-state index in [1.807, 2.05) is 109 Å². The number of rotatable bonds is 8. The topological polar surface area (TPSA) is 38.9 Å². The quantitative estimate of drug-likeness (QED) is 0.113. The van der Waals surface area contributed by atoms with Gasteiger partial charge in [-0.1, -0.05) is 80.0 Å². The largest absolute Gasteiger partial charge is 0 e. The molecule has 0 aliphatic rings. The van der Waals surface area contributed by atoms with Crippen molar-refractivity contribution in [3.8, 4) is 33.6 Å². The van der Waals surface area contributed by atoms with Crippen molar-refractivity contribution >= 4 is 42.8 Å². The molecule has 248 valence electrons. The Labute approximate surface area is 334 Å². The van der Waals surface area contributed by atoms with E-state index >= 15 is 0 Å². The van der Waals surface area contributed by atoms with Gasteiger partial charge in [-0.25, -0.2) is 0 Å². The summed E-state index contributed by atoms with van der Waals surface area (Å²) in [4.78, 5) is 8.66. The zero-order valence-corrected chi connectivity index (χ0v) is 31.2. The van der Waals surface area contributed by atoms with Gasteiger partial charge in [0.2, 0.25) is 0 Å². The van der Waals surface area contributed by atoms with Crippen molar-refractivity contribution in [3.05, 3.63) is 139 Å². The molecule has 0 N–H and O–H groups in total. The first-order chi connectivity index (χ1) is 29.2. The normalized spacial score (nSPS) is 17.5. The van der Waals surface area contributed by atoms with Gasteiger partial charge in [-0.2, -0.15) is 0 Å². The monoisotopic (exact) mass is 895 g/mol. The summed E-state index contributed by atoms with van der Waals surface area (Å²) in [5.41, 5.74) is 0.775. The van der Waals surface area contributed by atoms with Crippen LogP contribution in [0.5, 0.6) is 0 Å². The van der Waals surface area contributed by atoms with Gasteiger partial charge in [0.1, 0.15) is 5.58 Å². The van der Waals surface area contributed by atoms with Gasteiger partial charge in [0, 0.05) is 49.5 Å². The van der Waals surface area contributed by atoms with E-state index in [0.29, 0.717) is 16.5 Å². The summed E-state index contributed by atoms with van der Waals surface area (Å²) >= 11 is 1.90. The number of hydrogen-bond donors (Lipinski definition) is 0. The fourth-order valence-corrected chi connectivity index (χ4v) is 5.74. The van der Waals surface area contributed by atoms with Crippen molar-refractivity contribution in [1.29, 1.82) is 0 Å². The van der Waals surface area contributed by atoms with Crippen LogP contribution in [0.2, 0.25) is 0 Å². The van der Waals surface area contributed by atoms with Crippen LogP contribution in [0.4, 0.5) is 0 Å². The van der Waals surface area contributed by atoms with Crippen molar-refractivity contribution in [2.75, 3.05) is 0 Å². The molecule has 4 aromatic carbocycles. The van der Waals surface area contributed by atoms with E-state index in [1.54, 1.807) is 18.3 Å². The van der Waals surface area contributed by atoms with Gasteiger partial charge >= 0.3 is 114 Å². The predicted octanol–water partition coefficient (Wildman–Crippen LogP) is 10.7. The molecule has 3 heterocycles. The second-order valence-electron chi connectivity index (χ2n) is 11.4. The van der Waals surface area contributed by atoms with E-state index in [9.17, 15) is 0 Å². The number of fused-ring (bicyclic) bond motifs is 3. The first-order valence-electron chi connectivity index (χ1n) is 22.8. The Morgan fingerprint density at radius 1 is 0.837 bits per heavy atom. The average molecular weight is 894 g/mol. The summed E-state index contributed by atoms with van der Waals surface area (Å²) in [6.45, 7) is -7.50. The minimum Gasteiger partial charge on any atom is 0 e. The Hall–Kier alpha value is -3.83. The fourth-order valence-electron chi connectivity index (χ4n) is 5.30. The maximum Gasteiger partial charge on any atom is 0 e. The van der Waals surface area contributed by atoms with Crippen molar-refractivity contribution < 1.29 is 45.1 Å². The summed E-state index contributed by atoms with van der Waals surface area (Å²) < 4.78 is 130. The third kappa shape index (κ3) is 8.15. The zero-order chi connectivity index (χ0) is 46.6. The fraction of sp³-hybridized carbons (Fsp3) is 0.227. The van der Waals surface area contributed by atoms with Gasteiger partial charge in [-0.15, -0.1) is 18.2 Å². The molecule has 0 aliphatic carbocycles. The number of nitrogens with zero attached hydrogens (tertiary/aromatic N) is 2. The second-order valence-corrected chi connectivity index (χ2v) is 12.5. The zero-order valence-electron chi connectivity index (χ0n) is 41.7. The maximum atomic E-state index is 8.59. The molecule has 3 aromatic heterocycles. The Morgan fingerprint density at radius 2 is 1.65 bits per heavy atom. The van der Waals surface area contributed by atoms with Crippen LogP contribution in [0.1, 0.15) is 78.8 Å². The number of furan rings is 1. The number of pyridine rings is 2. The molecule has 7 rings (SSSR count). The van der Waals surface area contributed by atoms with Crippen LogP contribution in [0.25, 0.3) is 55.6 Å². The second kappa shape index (κ2) is 16.3. The predicted molar refractivity (Wildman–Crippen MR) is 202 cm³/mol. The van der Waals surface area contributed by atoms with Gasteiger partial charge in [0.05, 0.1) is 5.58 Å². The molecule has 3 nitrogen and oxygen atoms in total. The van der Waals surface area contributed by atoms with Gasteiger partial charge in [0.15, 0.2) is 0 Å². The third-order valence-corrected chi connectivity index (χ3v) is 8.53. The molecule has 5 heteroatoms. The van der Waals surface area contributed by atoms with E-state index in [4.69, 9.17) is 25.0 Å². The molecule has 0 bridgehead atoms. The van der Waals surface area contributed by atoms with Gasteiger partial charge in [-0.05, 0) is 52.7 Å². The van der Waals surface area contributed by atoms with Gasteiger partial charge in [0.25, 0.3) is 0 Å². The molecule has 0 amide bonds. The molecule has 0 saturated heterocycles. The Balaban J connectivity index is 0.000000322. The van der Waals surface area contributed by atoms with Crippen molar-refractivity contribution in [2.45, 2.75) is 58.9 Å². The van der Waals surface area contributed by atoms with Crippen molar-refractivity contribution in [3.63, 3.8) is 0 Å². The van der Waals surface area contributed by atoms with E-state index in [2.05, 4.69) is 22.1 Å². The van der Waals surface area contributed by atoms with E-state index in [-0.39, 0.29) is 42.9 Å². The summed E-state index contributed by atoms with van der Waals surface area (Å²) in [7, 11) is 0. The number of benzene rings is 4. The summed E-state index contributed by atoms with van der Waals surface area (Å²) in [5.74, 6) is -0.0822. The molecular formula is C44H41GeIrN2O-2. The van der Waals surface area contributed by atoms with Crippen molar-refractivity contribution in [1.82, 2.24) is 9.97 Å². The first kappa shape index (κ1) is 21.4. The van der Waals surface area contributed by atoms with Gasteiger partial charge in [-0.3, -0.25) is 0 Å². The SMILES string of the molecule is [2H]C([2H])([2H])C([2H])([2H])C(c1ccnc(-c2[c-]ccc3c2oc2cc(-c4ccccc4)ccc23)c1)(C([2H])([2H])[2H])C([2H])([2H])C([2H])([2H])[2H].[2H]C([2H])(c1cc(-c2[c-]cccc2)nc[c]1[Ge])C(C)C.[Ir]. The number of hydrogen-bond acceptors (Lipinski definition) is 3. The molecule has 0 unspecified atom stereocenters. The molecule has 49 heavy (non-hydrogen) atoms. The van der Waals surface area contributed by atoms with Crippen LogP contribution >= 0.6 is 0 Å². The summed E-state index contributed by atoms with van der Waals surface area (Å²) in [6.07, 6.45) is -6.35. The van der Waals surface area contributed by atoms with Crippen LogP contribution in [-0.2, 0) is 31.9 Å². The number of aromatic nitrogens is 2. The van der Waals surface area contributed by atoms with Gasteiger partial charge < -0.3 is 9.40 Å². The van der Waals surface area contributed by atoms with Crippen LogP contribution in [0, 0.1) is 18.1 Å². The van der Waals surface area contributed by atoms with E-state index in [1.165, 1.54) is 0 Å². The van der Waals surface area contributed by atoms with Crippen LogP contribution < -0.4 is 4.40 Å².